The van der Waals surface area contributed by atoms with Crippen LogP contribution in [-0.2, 0) is 4.74 Å². The summed E-state index contributed by atoms with van der Waals surface area (Å²) in [4.78, 5) is 7.12. The standard InChI is InChI=1S/C79H131BN2O/c1-78(2,3)58-41-55-33-34-56-42-59(79(4,5)6)47-65-64(44-57(43-58)74(55)75(56)65)54-36-38-72-67(46-54)80-66-45-53(50-21-10-7-11-22-50)35-37-70(66)82(77-60(51-23-12-8-13-24-51)29-20-30-61(77)52-25-14-9-15-26-52)71-39-49(40-73(83-72)76(71)80)48-81-68-31-18-16-27-62(68)63-28-17-19-32-69(63)81/h49-77H,7-48H2,1-6H3/t49?,53?,54-,55+,56?,57+,58-,59?,60?,61?,62-,63?,64+,65?,66?,67?,68?,69+,70?,71?,72+,73?,74?,75-,76?,77?/m0/s1. The van der Waals surface area contributed by atoms with Crippen molar-refractivity contribution in [1.29, 1.82) is 0 Å². The summed E-state index contributed by atoms with van der Waals surface area (Å²) >= 11 is 0. The van der Waals surface area contributed by atoms with Gasteiger partial charge in [0.2, 0.25) is 0 Å². The van der Waals surface area contributed by atoms with E-state index in [0.29, 0.717) is 23.0 Å². The number of ether oxygens (including phenoxy) is 1. The lowest BCUT2D eigenvalue weighted by atomic mass is 9.18. The number of rotatable bonds is 7. The molecule has 3 nitrogen and oxygen atoms in total. The van der Waals surface area contributed by atoms with Gasteiger partial charge in [0.05, 0.1) is 12.2 Å². The Morgan fingerprint density at radius 3 is 1.51 bits per heavy atom. The van der Waals surface area contributed by atoms with Gasteiger partial charge in [-0.2, -0.15) is 0 Å². The van der Waals surface area contributed by atoms with Gasteiger partial charge in [-0.05, 0) is 263 Å². The van der Waals surface area contributed by atoms with E-state index in [0.717, 1.165) is 167 Å². The first-order valence-corrected chi connectivity index (χ1v) is 39.6. The molecule has 0 aromatic heterocycles. The van der Waals surface area contributed by atoms with Gasteiger partial charge < -0.3 is 4.74 Å². The number of nitrogens with zero attached hydrogens (tertiary/aromatic N) is 2. The van der Waals surface area contributed by atoms with E-state index in [9.17, 15) is 0 Å². The first-order chi connectivity index (χ1) is 40.4. The molecule has 0 aromatic rings. The van der Waals surface area contributed by atoms with E-state index in [1.54, 1.807) is 148 Å². The molecule has 3 aliphatic heterocycles. The summed E-state index contributed by atoms with van der Waals surface area (Å²) < 4.78 is 8.42. The predicted molar refractivity (Wildman–Crippen MR) is 348 cm³/mol. The van der Waals surface area contributed by atoms with Crippen molar-refractivity contribution in [2.75, 3.05) is 6.54 Å². The Morgan fingerprint density at radius 1 is 0.337 bits per heavy atom. The lowest BCUT2D eigenvalue weighted by molar-refractivity contribution is -0.160. The number of likely N-dealkylation sites (tertiary alicyclic amines) is 1. The molecule has 3 heterocycles. The maximum Gasteiger partial charge on any atom is 0.159 e. The van der Waals surface area contributed by atoms with Gasteiger partial charge in [-0.1, -0.05) is 183 Å². The second-order valence-electron chi connectivity index (χ2n) is 38.1. The molecule has 25 atom stereocenters. The molecule has 466 valence electrons. The monoisotopic (exact) mass is 1140 g/mol. The highest BCUT2D eigenvalue weighted by molar-refractivity contribution is 6.65. The zero-order valence-corrected chi connectivity index (χ0v) is 55.3. The fraction of sp³-hybridized carbons (Fsp3) is 1.00. The Morgan fingerprint density at radius 2 is 0.867 bits per heavy atom. The number of fused-ring (bicyclic) bond motifs is 7. The molecule has 4 heteroatoms. The summed E-state index contributed by atoms with van der Waals surface area (Å²) in [6.07, 6.45) is 64.5. The zero-order chi connectivity index (χ0) is 55.9. The molecule has 16 rings (SSSR count). The van der Waals surface area contributed by atoms with E-state index in [-0.39, 0.29) is 0 Å². The van der Waals surface area contributed by atoms with Crippen LogP contribution in [0.3, 0.4) is 0 Å². The molecule has 3 saturated heterocycles. The van der Waals surface area contributed by atoms with Crippen LogP contribution in [0.25, 0.3) is 0 Å². The second kappa shape index (κ2) is 23.6. The first-order valence-electron chi connectivity index (χ1n) is 39.6. The summed E-state index contributed by atoms with van der Waals surface area (Å²) in [6, 6.07) is 4.31. The Bertz CT molecular complexity index is 2130. The van der Waals surface area contributed by atoms with Crippen molar-refractivity contribution in [1.82, 2.24) is 9.80 Å². The van der Waals surface area contributed by atoms with E-state index in [1.165, 1.54) is 122 Å². The molecule has 16 aliphatic rings. The highest BCUT2D eigenvalue weighted by atomic mass is 16.5. The molecule has 0 N–H and O–H groups in total. The molecular weight excluding hydrogens is 1000 g/mol. The third-order valence-electron chi connectivity index (χ3n) is 32.9. The quantitative estimate of drug-likeness (QED) is 0.236. The Labute approximate surface area is 513 Å². The van der Waals surface area contributed by atoms with Crippen LogP contribution < -0.4 is 0 Å². The average molecular weight is 1140 g/mol. The fourth-order valence-corrected chi connectivity index (χ4v) is 29.7. The minimum atomic E-state index is 0.443. The summed E-state index contributed by atoms with van der Waals surface area (Å²) in [7, 11) is 0. The first kappa shape index (κ1) is 58.1. The van der Waals surface area contributed by atoms with Crippen molar-refractivity contribution in [2.45, 2.75) is 365 Å². The third kappa shape index (κ3) is 10.5. The minimum Gasteiger partial charge on any atom is -0.376 e. The van der Waals surface area contributed by atoms with Crippen molar-refractivity contribution in [3.05, 3.63) is 0 Å². The van der Waals surface area contributed by atoms with E-state index >= 15 is 0 Å². The normalized spacial score (nSPS) is 51.2. The molecule has 0 aromatic carbocycles. The van der Waals surface area contributed by atoms with Crippen LogP contribution >= 0.6 is 0 Å². The van der Waals surface area contributed by atoms with Crippen LogP contribution in [0.5, 0.6) is 0 Å². The molecule has 16 unspecified atom stereocenters. The van der Waals surface area contributed by atoms with Crippen LogP contribution in [0.1, 0.15) is 305 Å². The Hall–Kier alpha value is -0.0551. The maximum absolute atomic E-state index is 8.42. The van der Waals surface area contributed by atoms with Crippen LogP contribution in [-0.4, -0.2) is 65.5 Å². The molecule has 0 spiro atoms. The third-order valence-corrected chi connectivity index (χ3v) is 32.9. The Kier molecular flexibility index (Phi) is 16.5. The van der Waals surface area contributed by atoms with Crippen molar-refractivity contribution in [2.24, 2.45) is 123 Å². The van der Waals surface area contributed by atoms with Crippen LogP contribution in [0.15, 0.2) is 0 Å². The van der Waals surface area contributed by atoms with E-state index < -0.39 is 0 Å². The highest BCUT2D eigenvalue weighted by Crippen LogP contribution is 2.70. The van der Waals surface area contributed by atoms with Gasteiger partial charge in [0.15, 0.2) is 6.71 Å². The Balaban J connectivity index is 0.788. The molecule has 13 saturated carbocycles. The van der Waals surface area contributed by atoms with Gasteiger partial charge in [0.1, 0.15) is 0 Å². The van der Waals surface area contributed by atoms with Crippen LogP contribution in [0.2, 0.25) is 17.5 Å². The molecule has 0 radical (unpaired) electrons. The molecule has 0 bridgehead atoms. The summed E-state index contributed by atoms with van der Waals surface area (Å²) in [5, 5.41) is 0. The lowest BCUT2D eigenvalue weighted by Gasteiger charge is -2.69. The maximum atomic E-state index is 8.42. The minimum absolute atomic E-state index is 0.443. The van der Waals surface area contributed by atoms with Gasteiger partial charge in [0, 0.05) is 36.8 Å². The summed E-state index contributed by atoms with van der Waals surface area (Å²) in [6.45, 7) is 18.3. The van der Waals surface area contributed by atoms with E-state index in [2.05, 4.69) is 51.3 Å². The van der Waals surface area contributed by atoms with Gasteiger partial charge in [0.25, 0.3) is 0 Å². The lowest BCUT2D eigenvalue weighted by Crippen LogP contribution is -2.72. The van der Waals surface area contributed by atoms with Crippen molar-refractivity contribution in [3.8, 4) is 0 Å². The van der Waals surface area contributed by atoms with Crippen LogP contribution in [0.4, 0.5) is 0 Å². The number of hydrogen-bond acceptors (Lipinski definition) is 3. The van der Waals surface area contributed by atoms with Crippen molar-refractivity contribution in [3.63, 3.8) is 0 Å². The zero-order valence-electron chi connectivity index (χ0n) is 55.3. The molecule has 0 amide bonds. The van der Waals surface area contributed by atoms with Crippen LogP contribution in [0, 0.1) is 123 Å². The average Bonchev–Trinajstić information content (AvgIpc) is 2.00. The summed E-state index contributed by atoms with van der Waals surface area (Å²) in [5.74, 6) is 21.4. The summed E-state index contributed by atoms with van der Waals surface area (Å²) in [5.41, 5.74) is 0.900. The van der Waals surface area contributed by atoms with E-state index in [4.69, 9.17) is 4.74 Å². The van der Waals surface area contributed by atoms with Crippen molar-refractivity contribution < 1.29 is 4.74 Å². The smallest absolute Gasteiger partial charge is 0.159 e. The van der Waals surface area contributed by atoms with Gasteiger partial charge in [-0.25, -0.2) is 0 Å². The fourth-order valence-electron chi connectivity index (χ4n) is 29.7. The largest absolute Gasteiger partial charge is 0.376 e. The van der Waals surface area contributed by atoms with E-state index in [1.807, 2.05) is 0 Å². The predicted octanol–water partition coefficient (Wildman–Crippen LogP) is 20.8. The molecule has 13 aliphatic carbocycles. The van der Waals surface area contributed by atoms with Gasteiger partial charge in [-0.3, -0.25) is 9.80 Å². The molecule has 83 heavy (non-hydrogen) atoms. The van der Waals surface area contributed by atoms with Gasteiger partial charge in [-0.15, -0.1) is 0 Å². The van der Waals surface area contributed by atoms with Crippen molar-refractivity contribution >= 4 is 6.71 Å². The molecule has 16 fully saturated rings. The SMILES string of the molecule is CC(C)(C)C1CC2CC[C@@H]3C[C@H](C(C)(C)C)C[C@@H]4C[C@H]([C@H]5CC[C@H]6OC7CC(CN8C9CCCC[C@H]9C9CCCC[C@H]98)CC8C7B(C7CC(C9CCCCC9)CCC7N8C7C(C8CCCCC8)CCCC7C7CCCCC7)C6C5)C(C1)[C@H]2C34. The molecular formula is C79H131BN2O. The number of hydrogen-bond donors (Lipinski definition) is 0. The second-order valence-corrected chi connectivity index (χ2v) is 38.1. The van der Waals surface area contributed by atoms with Gasteiger partial charge >= 0.3 is 0 Å². The highest BCUT2D eigenvalue weighted by Gasteiger charge is 2.67. The topological polar surface area (TPSA) is 15.7 Å².